The van der Waals surface area contributed by atoms with Gasteiger partial charge in [0.1, 0.15) is 0 Å². The summed E-state index contributed by atoms with van der Waals surface area (Å²) in [5.41, 5.74) is 0.100. The lowest BCUT2D eigenvalue weighted by Gasteiger charge is -2.31. The second-order valence-electron chi connectivity index (χ2n) is 5.65. The van der Waals surface area contributed by atoms with Gasteiger partial charge in [-0.1, -0.05) is 20.3 Å². The Labute approximate surface area is 105 Å². The Kier molecular flexibility index (Phi) is 5.44. The lowest BCUT2D eigenvalue weighted by atomic mass is 10.0. The zero-order valence-electron chi connectivity index (χ0n) is 11.5. The number of carboxylic acids is 1. The topological polar surface area (TPSA) is 40.5 Å². The van der Waals surface area contributed by atoms with Gasteiger partial charge < -0.3 is 10.0 Å². The van der Waals surface area contributed by atoms with Crippen molar-refractivity contribution < 1.29 is 9.90 Å². The van der Waals surface area contributed by atoms with Gasteiger partial charge in [-0.25, -0.2) is 0 Å². The van der Waals surface area contributed by atoms with Crippen LogP contribution in [0.3, 0.4) is 0 Å². The first-order valence-corrected chi connectivity index (χ1v) is 6.99. The number of rotatable bonds is 9. The molecule has 1 fully saturated rings. The summed E-state index contributed by atoms with van der Waals surface area (Å²) in [4.78, 5) is 13.4. The quantitative estimate of drug-likeness (QED) is 0.674. The summed E-state index contributed by atoms with van der Waals surface area (Å²) in [6.07, 6.45) is 6.11. The van der Waals surface area contributed by atoms with Crippen LogP contribution in [-0.2, 0) is 4.79 Å². The number of hydrogen-bond acceptors (Lipinski definition) is 2. The smallest absolute Gasteiger partial charge is 0.303 e. The minimum Gasteiger partial charge on any atom is -0.481 e. The van der Waals surface area contributed by atoms with E-state index in [4.69, 9.17) is 5.11 Å². The van der Waals surface area contributed by atoms with Gasteiger partial charge in [0, 0.05) is 12.6 Å². The van der Waals surface area contributed by atoms with Gasteiger partial charge in [0.25, 0.3) is 0 Å². The van der Waals surface area contributed by atoms with E-state index in [2.05, 4.69) is 25.7 Å². The fourth-order valence-corrected chi connectivity index (χ4v) is 2.39. The van der Waals surface area contributed by atoms with E-state index in [1.54, 1.807) is 0 Å². The molecule has 0 heterocycles. The molecule has 17 heavy (non-hydrogen) atoms. The van der Waals surface area contributed by atoms with Gasteiger partial charge in [-0.3, -0.25) is 4.79 Å². The lowest BCUT2D eigenvalue weighted by Crippen LogP contribution is -2.38. The van der Waals surface area contributed by atoms with Gasteiger partial charge in [-0.2, -0.15) is 0 Å². The summed E-state index contributed by atoms with van der Waals surface area (Å²) in [5.74, 6) is -0.637. The van der Waals surface area contributed by atoms with Gasteiger partial charge >= 0.3 is 5.97 Å². The van der Waals surface area contributed by atoms with E-state index < -0.39 is 5.97 Å². The molecule has 0 saturated heterocycles. The van der Waals surface area contributed by atoms with Crippen molar-refractivity contribution in [3.8, 4) is 0 Å². The van der Waals surface area contributed by atoms with Crippen molar-refractivity contribution in [2.24, 2.45) is 5.41 Å². The van der Waals surface area contributed by atoms with Gasteiger partial charge in [0.15, 0.2) is 0 Å². The molecule has 0 spiro atoms. The molecule has 0 amide bonds. The number of aliphatic carboxylic acids is 1. The normalized spacial score (nSPS) is 19.3. The molecule has 0 aromatic rings. The molecule has 1 unspecified atom stereocenters. The maximum Gasteiger partial charge on any atom is 0.303 e. The molecule has 1 rings (SSSR count). The maximum absolute atomic E-state index is 10.9. The Bertz CT molecular complexity index is 249. The van der Waals surface area contributed by atoms with Crippen LogP contribution >= 0.6 is 0 Å². The highest BCUT2D eigenvalue weighted by molar-refractivity contribution is 5.68. The van der Waals surface area contributed by atoms with Crippen LogP contribution in [-0.4, -0.2) is 35.1 Å². The second-order valence-corrected chi connectivity index (χ2v) is 5.65. The number of nitrogens with zero attached hydrogens (tertiary/aromatic N) is 1. The molecule has 1 aliphatic carbocycles. The Hall–Kier alpha value is -0.570. The van der Waals surface area contributed by atoms with Crippen LogP contribution < -0.4 is 0 Å². The van der Waals surface area contributed by atoms with Crippen LogP contribution in [0.4, 0.5) is 0 Å². The van der Waals surface area contributed by atoms with Gasteiger partial charge in [0.05, 0.1) is 6.42 Å². The van der Waals surface area contributed by atoms with Crippen molar-refractivity contribution in [3.63, 3.8) is 0 Å². The van der Waals surface area contributed by atoms with Crippen molar-refractivity contribution in [2.75, 3.05) is 13.1 Å². The first kappa shape index (κ1) is 14.5. The van der Waals surface area contributed by atoms with Crippen LogP contribution in [0.1, 0.15) is 59.3 Å². The van der Waals surface area contributed by atoms with E-state index in [-0.39, 0.29) is 5.41 Å². The molecule has 3 heteroatoms. The van der Waals surface area contributed by atoms with Crippen LogP contribution in [0.15, 0.2) is 0 Å². The largest absolute Gasteiger partial charge is 0.481 e. The molecule has 0 aromatic carbocycles. The molecule has 0 radical (unpaired) electrons. The highest BCUT2D eigenvalue weighted by Crippen LogP contribution is 2.49. The molecule has 1 aliphatic rings. The third kappa shape index (κ3) is 4.66. The monoisotopic (exact) mass is 241 g/mol. The zero-order chi connectivity index (χ0) is 12.9. The standard InChI is InChI=1S/C14H27NO2/c1-4-6-9-15(12(3)5-2)11-14(7-8-14)10-13(16)17/h12H,4-11H2,1-3H3,(H,16,17). The maximum atomic E-state index is 10.9. The van der Waals surface area contributed by atoms with Crippen LogP contribution in [0.5, 0.6) is 0 Å². The first-order valence-electron chi connectivity index (χ1n) is 6.99. The third-order valence-electron chi connectivity index (χ3n) is 4.03. The number of carboxylic acid groups (broad SMARTS) is 1. The Morgan fingerprint density at radius 1 is 1.41 bits per heavy atom. The SMILES string of the molecule is CCCCN(CC1(CC(=O)O)CC1)C(C)CC. The van der Waals surface area contributed by atoms with Crippen molar-refractivity contribution in [1.82, 2.24) is 4.90 Å². The molecule has 0 bridgehead atoms. The highest BCUT2D eigenvalue weighted by atomic mass is 16.4. The van der Waals surface area contributed by atoms with Gasteiger partial charge in [0.2, 0.25) is 0 Å². The molecule has 1 N–H and O–H groups in total. The third-order valence-corrected chi connectivity index (χ3v) is 4.03. The summed E-state index contributed by atoms with van der Waals surface area (Å²) in [6, 6.07) is 0.577. The summed E-state index contributed by atoms with van der Waals surface area (Å²) < 4.78 is 0. The molecule has 0 aromatic heterocycles. The average molecular weight is 241 g/mol. The predicted molar refractivity (Wildman–Crippen MR) is 70.2 cm³/mol. The first-order chi connectivity index (χ1) is 8.03. The van der Waals surface area contributed by atoms with E-state index >= 15 is 0 Å². The fraction of sp³-hybridized carbons (Fsp3) is 0.929. The summed E-state index contributed by atoms with van der Waals surface area (Å²) in [6.45, 7) is 8.77. The van der Waals surface area contributed by atoms with E-state index in [0.717, 1.165) is 32.4 Å². The summed E-state index contributed by atoms with van der Waals surface area (Å²) in [7, 11) is 0. The second kappa shape index (κ2) is 6.39. The Balaban J connectivity index is 2.50. The van der Waals surface area contributed by atoms with Crippen LogP contribution in [0.2, 0.25) is 0 Å². The van der Waals surface area contributed by atoms with Crippen molar-refractivity contribution >= 4 is 5.97 Å². The molecule has 100 valence electrons. The fourth-order valence-electron chi connectivity index (χ4n) is 2.39. The highest BCUT2D eigenvalue weighted by Gasteiger charge is 2.45. The number of unbranched alkanes of at least 4 members (excludes halogenated alkanes) is 1. The average Bonchev–Trinajstić information content (AvgIpc) is 3.02. The number of carbonyl (C=O) groups is 1. The molecular formula is C14H27NO2. The molecule has 1 saturated carbocycles. The van der Waals surface area contributed by atoms with Crippen molar-refractivity contribution in [2.45, 2.75) is 65.3 Å². The van der Waals surface area contributed by atoms with Crippen molar-refractivity contribution in [3.05, 3.63) is 0 Å². The summed E-state index contributed by atoms with van der Waals surface area (Å²) in [5, 5.41) is 8.96. The van der Waals surface area contributed by atoms with E-state index in [1.807, 2.05) is 0 Å². The molecule has 3 nitrogen and oxygen atoms in total. The number of hydrogen-bond donors (Lipinski definition) is 1. The zero-order valence-corrected chi connectivity index (χ0v) is 11.5. The minimum atomic E-state index is -0.637. The van der Waals surface area contributed by atoms with E-state index in [9.17, 15) is 4.79 Å². The van der Waals surface area contributed by atoms with Crippen LogP contribution in [0, 0.1) is 5.41 Å². The summed E-state index contributed by atoms with van der Waals surface area (Å²) >= 11 is 0. The van der Waals surface area contributed by atoms with E-state index in [1.165, 1.54) is 12.8 Å². The lowest BCUT2D eigenvalue weighted by molar-refractivity contribution is -0.138. The molecular weight excluding hydrogens is 214 g/mol. The van der Waals surface area contributed by atoms with Crippen LogP contribution in [0.25, 0.3) is 0 Å². The van der Waals surface area contributed by atoms with Gasteiger partial charge in [-0.05, 0) is 44.6 Å². The minimum absolute atomic E-state index is 0.100. The van der Waals surface area contributed by atoms with E-state index in [0.29, 0.717) is 12.5 Å². The Morgan fingerprint density at radius 2 is 2.06 bits per heavy atom. The molecule has 1 atom stereocenters. The Morgan fingerprint density at radius 3 is 2.47 bits per heavy atom. The van der Waals surface area contributed by atoms with Crippen molar-refractivity contribution in [1.29, 1.82) is 0 Å². The molecule has 0 aliphatic heterocycles. The van der Waals surface area contributed by atoms with Gasteiger partial charge in [-0.15, -0.1) is 0 Å². The predicted octanol–water partition coefficient (Wildman–Crippen LogP) is 3.14.